The quantitative estimate of drug-likeness (QED) is 0.367. The number of sulfonamides is 1. The minimum Gasteiger partial charge on any atom is -0.379 e. The van der Waals surface area contributed by atoms with E-state index in [1.165, 1.54) is 12.1 Å². The predicted molar refractivity (Wildman–Crippen MR) is 91.6 cm³/mol. The Morgan fingerprint density at radius 3 is 2.80 bits per heavy atom. The van der Waals surface area contributed by atoms with Gasteiger partial charge in [0.2, 0.25) is 15.9 Å². The number of hydrogen-bond donors (Lipinski definition) is 4. The minimum absolute atomic E-state index is 0.127. The molecule has 10 nitrogen and oxygen atoms in total. The maximum Gasteiger partial charge on any atom is 0.293 e. The second kappa shape index (κ2) is 8.23. The summed E-state index contributed by atoms with van der Waals surface area (Å²) in [5, 5.41) is 24.9. The van der Waals surface area contributed by atoms with Gasteiger partial charge in [0.15, 0.2) is 0 Å². The number of benzene rings is 1. The maximum absolute atomic E-state index is 11.8. The third kappa shape index (κ3) is 5.66. The highest BCUT2D eigenvalue weighted by atomic mass is 32.2. The van der Waals surface area contributed by atoms with Gasteiger partial charge in [0, 0.05) is 31.6 Å². The summed E-state index contributed by atoms with van der Waals surface area (Å²) in [6, 6.07) is 3.63. The van der Waals surface area contributed by atoms with Crippen molar-refractivity contribution >= 4 is 27.3 Å². The zero-order valence-corrected chi connectivity index (χ0v) is 14.3. The Hall–Kier alpha value is -2.24. The molecule has 0 aromatic heterocycles. The lowest BCUT2D eigenvalue weighted by Gasteiger charge is -2.12. The topological polar surface area (TPSA) is 156 Å². The van der Waals surface area contributed by atoms with Crippen molar-refractivity contribution in [1.82, 2.24) is 10.6 Å². The molecule has 5 N–H and O–H groups in total. The monoisotopic (exact) mass is 371 g/mol. The molecule has 1 aromatic rings. The molecule has 0 aliphatic carbocycles. The molecule has 1 atom stereocenters. The number of amides is 1. The fourth-order valence-corrected chi connectivity index (χ4v) is 3.09. The van der Waals surface area contributed by atoms with Gasteiger partial charge in [-0.05, 0) is 31.5 Å². The van der Waals surface area contributed by atoms with Gasteiger partial charge in [0.05, 0.1) is 9.82 Å². The van der Waals surface area contributed by atoms with Crippen molar-refractivity contribution in [1.29, 1.82) is 0 Å². The Morgan fingerprint density at radius 1 is 1.44 bits per heavy atom. The van der Waals surface area contributed by atoms with Gasteiger partial charge in [0.1, 0.15) is 5.69 Å². The van der Waals surface area contributed by atoms with Gasteiger partial charge in [-0.15, -0.1) is 0 Å². The van der Waals surface area contributed by atoms with Crippen LogP contribution in [0.25, 0.3) is 0 Å². The van der Waals surface area contributed by atoms with Gasteiger partial charge in [-0.1, -0.05) is 0 Å². The molecule has 1 amide bonds. The molecule has 1 aliphatic rings. The first-order chi connectivity index (χ1) is 11.8. The van der Waals surface area contributed by atoms with Crippen LogP contribution >= 0.6 is 0 Å². The molecule has 1 fully saturated rings. The zero-order chi connectivity index (χ0) is 18.4. The number of nitro benzene ring substituents is 1. The van der Waals surface area contributed by atoms with Crippen LogP contribution in [0.1, 0.15) is 19.3 Å². The van der Waals surface area contributed by atoms with Crippen LogP contribution in [0.4, 0.5) is 11.4 Å². The average molecular weight is 371 g/mol. The number of primary sulfonamides is 1. The first-order valence-corrected chi connectivity index (χ1v) is 9.37. The van der Waals surface area contributed by atoms with Crippen LogP contribution < -0.4 is 21.1 Å². The van der Waals surface area contributed by atoms with Crippen molar-refractivity contribution in [3.8, 4) is 0 Å². The number of hydrogen-bond acceptors (Lipinski definition) is 7. The van der Waals surface area contributed by atoms with E-state index >= 15 is 0 Å². The van der Waals surface area contributed by atoms with E-state index in [0.717, 1.165) is 25.5 Å². The Balaban J connectivity index is 1.89. The van der Waals surface area contributed by atoms with Crippen molar-refractivity contribution in [2.24, 2.45) is 5.14 Å². The standard InChI is InChI=1S/C14H21N5O5S/c15-25(23,24)11-3-4-12(13(8-11)19(21)22)17-7-5-14(20)18-9-10-2-1-6-16-10/h3-4,8,10,16-17H,1-2,5-7,9H2,(H,18,20)(H2,15,23,24). The molecule has 1 unspecified atom stereocenters. The molecule has 0 radical (unpaired) electrons. The van der Waals surface area contributed by atoms with Crippen LogP contribution in [0, 0.1) is 10.1 Å². The second-order valence-electron chi connectivity index (χ2n) is 5.76. The highest BCUT2D eigenvalue weighted by molar-refractivity contribution is 7.89. The molecule has 2 rings (SSSR count). The fourth-order valence-electron chi connectivity index (χ4n) is 2.56. The molecule has 0 spiro atoms. The Morgan fingerprint density at radius 2 is 2.20 bits per heavy atom. The smallest absolute Gasteiger partial charge is 0.293 e. The maximum atomic E-state index is 11.8. The molecule has 25 heavy (non-hydrogen) atoms. The molecule has 1 aliphatic heterocycles. The predicted octanol–water partition coefficient (Wildman–Crippen LogP) is -0.0876. The first-order valence-electron chi connectivity index (χ1n) is 7.82. The van der Waals surface area contributed by atoms with Crippen molar-refractivity contribution in [2.45, 2.75) is 30.2 Å². The number of nitrogens with one attached hydrogen (secondary N) is 3. The third-order valence-electron chi connectivity index (χ3n) is 3.87. The Labute approximate surface area is 145 Å². The van der Waals surface area contributed by atoms with E-state index in [2.05, 4.69) is 16.0 Å². The zero-order valence-electron chi connectivity index (χ0n) is 13.5. The molecule has 11 heteroatoms. The SMILES string of the molecule is NS(=O)(=O)c1ccc(NCCC(=O)NCC2CCCN2)c([N+](=O)[O-])c1. The number of nitro groups is 1. The average Bonchev–Trinajstić information content (AvgIpc) is 3.05. The number of carbonyl (C=O) groups excluding carboxylic acids is 1. The van der Waals surface area contributed by atoms with Crippen LogP contribution in [0.15, 0.2) is 23.1 Å². The number of nitrogens with two attached hydrogens (primary N) is 1. The van der Waals surface area contributed by atoms with E-state index in [1.807, 2.05) is 0 Å². The molecule has 0 bridgehead atoms. The van der Waals surface area contributed by atoms with Gasteiger partial charge in [-0.3, -0.25) is 14.9 Å². The molecular weight excluding hydrogens is 350 g/mol. The van der Waals surface area contributed by atoms with E-state index < -0.39 is 20.6 Å². The van der Waals surface area contributed by atoms with Crippen LogP contribution in [-0.2, 0) is 14.8 Å². The summed E-state index contributed by atoms with van der Waals surface area (Å²) in [7, 11) is -4.03. The molecular formula is C14H21N5O5S. The number of anilines is 1. The van der Waals surface area contributed by atoms with E-state index in [9.17, 15) is 23.3 Å². The Bertz CT molecular complexity index is 746. The number of carbonyl (C=O) groups is 1. The van der Waals surface area contributed by atoms with Crippen molar-refractivity contribution in [2.75, 3.05) is 25.0 Å². The summed E-state index contributed by atoms with van der Waals surface area (Å²) in [6.45, 7) is 1.70. The number of nitrogens with zero attached hydrogens (tertiary/aromatic N) is 1. The highest BCUT2D eigenvalue weighted by Crippen LogP contribution is 2.27. The highest BCUT2D eigenvalue weighted by Gasteiger charge is 2.19. The van der Waals surface area contributed by atoms with Gasteiger partial charge in [0.25, 0.3) is 5.69 Å². The van der Waals surface area contributed by atoms with Crippen molar-refractivity contribution < 1.29 is 18.1 Å². The van der Waals surface area contributed by atoms with E-state index in [0.29, 0.717) is 12.6 Å². The van der Waals surface area contributed by atoms with Crippen molar-refractivity contribution in [3.05, 3.63) is 28.3 Å². The largest absolute Gasteiger partial charge is 0.379 e. The summed E-state index contributed by atoms with van der Waals surface area (Å²) in [4.78, 5) is 21.8. The molecule has 1 heterocycles. The molecule has 1 aromatic carbocycles. The van der Waals surface area contributed by atoms with Gasteiger partial charge < -0.3 is 16.0 Å². The van der Waals surface area contributed by atoms with Crippen LogP contribution in [0.2, 0.25) is 0 Å². The first kappa shape index (κ1) is 19.1. The lowest BCUT2D eigenvalue weighted by molar-refractivity contribution is -0.384. The summed E-state index contributed by atoms with van der Waals surface area (Å²) in [5.41, 5.74) is -0.287. The van der Waals surface area contributed by atoms with Crippen molar-refractivity contribution in [3.63, 3.8) is 0 Å². The van der Waals surface area contributed by atoms with E-state index in [-0.39, 0.29) is 29.5 Å². The van der Waals surface area contributed by atoms with Crippen LogP contribution in [0.3, 0.4) is 0 Å². The van der Waals surface area contributed by atoms with E-state index in [1.54, 1.807) is 0 Å². The summed E-state index contributed by atoms with van der Waals surface area (Å²) >= 11 is 0. The van der Waals surface area contributed by atoms with Gasteiger partial charge in [-0.25, -0.2) is 13.6 Å². The minimum atomic E-state index is -4.03. The summed E-state index contributed by atoms with van der Waals surface area (Å²) in [6.07, 6.45) is 2.27. The van der Waals surface area contributed by atoms with Crippen LogP contribution in [0.5, 0.6) is 0 Å². The van der Waals surface area contributed by atoms with E-state index in [4.69, 9.17) is 5.14 Å². The lowest BCUT2D eigenvalue weighted by Crippen LogP contribution is -2.37. The Kier molecular flexibility index (Phi) is 6.28. The third-order valence-corrected chi connectivity index (χ3v) is 4.78. The molecule has 138 valence electrons. The lowest BCUT2D eigenvalue weighted by atomic mass is 10.2. The summed E-state index contributed by atoms with van der Waals surface area (Å²) < 4.78 is 22.6. The molecule has 1 saturated heterocycles. The summed E-state index contributed by atoms with van der Waals surface area (Å²) in [5.74, 6) is -0.162. The van der Waals surface area contributed by atoms with Gasteiger partial charge >= 0.3 is 0 Å². The number of rotatable bonds is 8. The second-order valence-corrected chi connectivity index (χ2v) is 7.32. The fraction of sp³-hybridized carbons (Fsp3) is 0.500. The van der Waals surface area contributed by atoms with Gasteiger partial charge in [-0.2, -0.15) is 0 Å². The molecule has 0 saturated carbocycles. The van der Waals surface area contributed by atoms with Crippen LogP contribution in [-0.4, -0.2) is 44.9 Å². The normalized spacial score (nSPS) is 17.2.